The second-order valence-electron chi connectivity index (χ2n) is 9.29. The van der Waals surface area contributed by atoms with Crippen LogP contribution in [0.4, 0.5) is 0 Å². The monoisotopic (exact) mass is 572 g/mol. The Balaban J connectivity index is 2.65. The summed E-state index contributed by atoms with van der Waals surface area (Å²) in [6.45, 7) is 12.1. The fourth-order valence-corrected chi connectivity index (χ4v) is 7.54. The highest BCUT2D eigenvalue weighted by Gasteiger charge is 2.51. The van der Waals surface area contributed by atoms with Crippen LogP contribution >= 0.6 is 15.9 Å². The Morgan fingerprint density at radius 3 is 2.53 bits per heavy atom. The first-order valence-corrected chi connectivity index (χ1v) is 15.0. The van der Waals surface area contributed by atoms with Crippen LogP contribution in [0.25, 0.3) is 0 Å². The van der Waals surface area contributed by atoms with Crippen molar-refractivity contribution in [2.24, 2.45) is 5.92 Å². The van der Waals surface area contributed by atoms with Crippen molar-refractivity contribution < 1.29 is 28.0 Å². The molecule has 0 aliphatic carbocycles. The second-order valence-corrected chi connectivity index (χ2v) is 13.2. The van der Waals surface area contributed by atoms with Crippen LogP contribution in [0, 0.1) is 17.2 Å². The largest absolute Gasteiger partial charge is 0.393 e. The van der Waals surface area contributed by atoms with Crippen molar-refractivity contribution >= 4 is 15.9 Å². The molecule has 0 radical (unpaired) electrons. The molecule has 0 saturated carbocycles. The quantitative estimate of drug-likeness (QED) is 0.249. The maximum Gasteiger partial charge on any atom is 0.353 e. The van der Waals surface area contributed by atoms with Crippen LogP contribution in [0.2, 0.25) is 0 Å². The Labute approximate surface area is 224 Å². The van der Waals surface area contributed by atoms with Crippen molar-refractivity contribution in [3.63, 3.8) is 0 Å². The minimum atomic E-state index is -3.64. The van der Waals surface area contributed by atoms with E-state index in [1.165, 1.54) is 42.9 Å². The fraction of sp³-hybridized carbons (Fsp3) is 0.625. The minimum absolute atomic E-state index is 0.0566. The highest BCUT2D eigenvalue weighted by atomic mass is 31.2. The summed E-state index contributed by atoms with van der Waals surface area (Å²) < 4.78 is 38.8. The van der Waals surface area contributed by atoms with E-state index in [0.29, 0.717) is 5.31 Å². The SMILES string of the molecule is C=C([C@H]1C[C@H](n2ccc(=O)[nH]c2=O)O[C@@]1(/C=C/P(=O)(OC)OC)CO)P(OCCC#N)N(C(C)C)C(C)C. The molecule has 1 saturated heterocycles. The van der Waals surface area contributed by atoms with Crippen LogP contribution < -0.4 is 11.2 Å². The summed E-state index contributed by atoms with van der Waals surface area (Å²) in [6.07, 6.45) is 2.21. The third kappa shape index (κ3) is 7.38. The lowest BCUT2D eigenvalue weighted by Crippen LogP contribution is -2.40. The van der Waals surface area contributed by atoms with E-state index in [9.17, 15) is 19.3 Å². The van der Waals surface area contributed by atoms with Crippen LogP contribution in [0.1, 0.15) is 46.8 Å². The summed E-state index contributed by atoms with van der Waals surface area (Å²) in [5.41, 5.74) is -2.72. The van der Waals surface area contributed by atoms with Crippen molar-refractivity contribution in [1.29, 1.82) is 5.26 Å². The molecule has 0 amide bonds. The molecule has 1 unspecified atom stereocenters. The summed E-state index contributed by atoms with van der Waals surface area (Å²) in [5.74, 6) is 0.589. The van der Waals surface area contributed by atoms with Crippen LogP contribution in [0.15, 0.2) is 45.6 Å². The summed E-state index contributed by atoms with van der Waals surface area (Å²) in [5, 5.41) is 20.4. The first-order valence-electron chi connectivity index (χ1n) is 12.2. The highest BCUT2D eigenvalue weighted by molar-refractivity contribution is 7.57. The molecule has 0 spiro atoms. The maximum absolute atomic E-state index is 12.8. The van der Waals surface area contributed by atoms with Gasteiger partial charge in [0.2, 0.25) is 0 Å². The third-order valence-electron chi connectivity index (χ3n) is 6.18. The lowest BCUT2D eigenvalue weighted by molar-refractivity contribution is -0.0784. The number of aromatic nitrogens is 2. The smallest absolute Gasteiger partial charge is 0.353 e. The molecular weight excluding hydrogens is 534 g/mol. The summed E-state index contributed by atoms with van der Waals surface area (Å²) >= 11 is 0. The molecular formula is C24H38N4O8P2. The fourth-order valence-electron chi connectivity index (χ4n) is 4.42. The summed E-state index contributed by atoms with van der Waals surface area (Å²) in [7, 11) is -2.68. The molecule has 212 valence electrons. The second kappa shape index (κ2) is 13.9. The predicted molar refractivity (Wildman–Crippen MR) is 144 cm³/mol. The van der Waals surface area contributed by atoms with Gasteiger partial charge in [0, 0.05) is 56.7 Å². The number of nitrogens with zero attached hydrogens (tertiary/aromatic N) is 3. The number of hydrogen-bond acceptors (Lipinski definition) is 10. The Kier molecular flexibility index (Phi) is 11.8. The number of aliphatic hydroxyl groups is 1. The third-order valence-corrected chi connectivity index (χ3v) is 10.3. The molecule has 12 nitrogen and oxygen atoms in total. The number of rotatable bonds is 14. The number of nitrogens with one attached hydrogen (secondary N) is 1. The van der Waals surface area contributed by atoms with E-state index in [1.54, 1.807) is 0 Å². The normalized spacial score (nSPS) is 23.0. The molecule has 2 heterocycles. The maximum atomic E-state index is 12.8. The van der Waals surface area contributed by atoms with E-state index in [2.05, 4.69) is 22.3 Å². The summed E-state index contributed by atoms with van der Waals surface area (Å²) in [6, 6.07) is 3.39. The van der Waals surface area contributed by atoms with Crippen LogP contribution in [0.3, 0.4) is 0 Å². The van der Waals surface area contributed by atoms with Crippen molar-refractivity contribution in [1.82, 2.24) is 14.2 Å². The van der Waals surface area contributed by atoms with Gasteiger partial charge in [-0.3, -0.25) is 23.6 Å². The van der Waals surface area contributed by atoms with E-state index >= 15 is 0 Å². The summed E-state index contributed by atoms with van der Waals surface area (Å²) in [4.78, 5) is 26.4. The minimum Gasteiger partial charge on any atom is -0.393 e. The Morgan fingerprint density at radius 2 is 2.03 bits per heavy atom. The molecule has 38 heavy (non-hydrogen) atoms. The molecule has 1 fully saturated rings. The molecule has 2 rings (SSSR count). The van der Waals surface area contributed by atoms with Gasteiger partial charge in [0.1, 0.15) is 20.1 Å². The topological polar surface area (TPSA) is 156 Å². The van der Waals surface area contributed by atoms with Crippen LogP contribution in [-0.4, -0.2) is 64.4 Å². The molecule has 1 aromatic heterocycles. The van der Waals surface area contributed by atoms with Gasteiger partial charge in [0.25, 0.3) is 5.56 Å². The number of aliphatic hydroxyl groups excluding tert-OH is 1. The zero-order chi connectivity index (χ0) is 28.7. The average Bonchev–Trinajstić information content (AvgIpc) is 3.25. The number of nitriles is 1. The van der Waals surface area contributed by atoms with E-state index in [1.807, 2.05) is 27.7 Å². The Morgan fingerprint density at radius 1 is 1.39 bits per heavy atom. The van der Waals surface area contributed by atoms with Gasteiger partial charge in [-0.15, -0.1) is 0 Å². The van der Waals surface area contributed by atoms with Crippen LogP contribution in [-0.2, 0) is 22.9 Å². The molecule has 14 heteroatoms. The van der Waals surface area contributed by atoms with Gasteiger partial charge in [0.15, 0.2) is 0 Å². The van der Waals surface area contributed by atoms with Crippen molar-refractivity contribution in [3.8, 4) is 6.07 Å². The molecule has 1 aromatic rings. The van der Waals surface area contributed by atoms with Crippen molar-refractivity contribution in [2.45, 2.75) is 64.4 Å². The first-order chi connectivity index (χ1) is 17.9. The number of aromatic amines is 1. The predicted octanol–water partition coefficient (Wildman–Crippen LogP) is 3.68. The molecule has 0 bridgehead atoms. The standard InChI is InChI=1S/C24H38N4O8P2/c1-17(2)28(18(3)4)37(35-13-8-11-25)19(5)20-15-22(27-12-9-21(30)26-23(27)31)36-24(20,16-29)10-14-38(32,33-6)34-7/h9-10,12,14,17-18,20,22,29H,5,8,13,15-16H2,1-4,6-7H3,(H,26,30,31)/b14-10+/t20-,22-,24+,37?/m1/s1. The molecule has 0 aromatic carbocycles. The zero-order valence-electron chi connectivity index (χ0n) is 22.7. The van der Waals surface area contributed by atoms with Gasteiger partial charge >= 0.3 is 13.3 Å². The lowest BCUT2D eigenvalue weighted by atomic mass is 9.87. The Bertz CT molecular complexity index is 1170. The van der Waals surface area contributed by atoms with Gasteiger partial charge in [-0.1, -0.05) is 6.58 Å². The number of hydrogen-bond donors (Lipinski definition) is 2. The van der Waals surface area contributed by atoms with Gasteiger partial charge in [-0.05, 0) is 39.1 Å². The van der Waals surface area contributed by atoms with E-state index < -0.39 is 51.5 Å². The van der Waals surface area contributed by atoms with Crippen LogP contribution in [0.5, 0.6) is 0 Å². The number of ether oxygens (including phenoxy) is 1. The van der Waals surface area contributed by atoms with E-state index in [-0.39, 0.29) is 31.5 Å². The van der Waals surface area contributed by atoms with E-state index in [4.69, 9.17) is 23.6 Å². The van der Waals surface area contributed by atoms with Gasteiger partial charge in [-0.2, -0.15) is 5.26 Å². The van der Waals surface area contributed by atoms with Gasteiger partial charge in [0.05, 0.1) is 25.7 Å². The first kappa shape index (κ1) is 32.3. The van der Waals surface area contributed by atoms with Gasteiger partial charge < -0.3 is 23.4 Å². The Hall–Kier alpha value is -1.93. The molecule has 1 aliphatic heterocycles. The van der Waals surface area contributed by atoms with Crippen molar-refractivity contribution in [3.05, 3.63) is 56.9 Å². The number of H-pyrrole nitrogens is 1. The van der Waals surface area contributed by atoms with E-state index in [0.717, 1.165) is 0 Å². The molecule has 2 N–H and O–H groups in total. The molecule has 4 atom stereocenters. The zero-order valence-corrected chi connectivity index (χ0v) is 24.5. The van der Waals surface area contributed by atoms with Crippen molar-refractivity contribution in [2.75, 3.05) is 27.4 Å². The lowest BCUT2D eigenvalue weighted by Gasteiger charge is -2.41. The average molecular weight is 573 g/mol. The van der Waals surface area contributed by atoms with Gasteiger partial charge in [-0.25, -0.2) is 4.79 Å². The highest BCUT2D eigenvalue weighted by Crippen LogP contribution is 2.60. The molecule has 1 aliphatic rings.